The lowest BCUT2D eigenvalue weighted by molar-refractivity contribution is 0.0436. The van der Waals surface area contributed by atoms with E-state index in [4.69, 9.17) is 0 Å². The van der Waals surface area contributed by atoms with Gasteiger partial charge in [-0.15, -0.1) is 0 Å². The average molecular weight is 413 g/mol. The van der Waals surface area contributed by atoms with Gasteiger partial charge in [0, 0.05) is 5.92 Å². The standard InChI is InChI=1S/C28H44O2/c1-19-10-14-24(29)18-23(19)13-12-22-8-7-17-28(6)25(15-16-26(22)28)20(2)9-11-21(3)27(4,5)30/h9,11-13,20-21,24-26,29-30H,1,7-8,10,14-18H2,2-6H3/b11-9+,22-12+,23-13+/t20-,21+,24+,25-,26+,28-/m1/s1. The number of allylic oxidation sites excluding steroid dienone is 5. The number of rotatable bonds is 5. The smallest absolute Gasteiger partial charge is 0.0651 e. The maximum absolute atomic E-state index is 10.3. The fourth-order valence-electron chi connectivity index (χ4n) is 6.25. The van der Waals surface area contributed by atoms with Crippen molar-refractivity contribution in [3.63, 3.8) is 0 Å². The summed E-state index contributed by atoms with van der Waals surface area (Å²) in [4.78, 5) is 0. The molecule has 6 atom stereocenters. The Kier molecular flexibility index (Phi) is 7.19. The Morgan fingerprint density at radius 1 is 1.10 bits per heavy atom. The van der Waals surface area contributed by atoms with E-state index in [2.05, 4.69) is 51.7 Å². The predicted octanol–water partition coefficient (Wildman–Crippen LogP) is 6.76. The van der Waals surface area contributed by atoms with Gasteiger partial charge in [0.1, 0.15) is 0 Å². The third-order valence-corrected chi connectivity index (χ3v) is 8.68. The van der Waals surface area contributed by atoms with Gasteiger partial charge in [-0.05, 0) is 94.0 Å². The highest BCUT2D eigenvalue weighted by Crippen LogP contribution is 2.59. The Morgan fingerprint density at radius 3 is 2.53 bits per heavy atom. The van der Waals surface area contributed by atoms with Gasteiger partial charge in [-0.2, -0.15) is 0 Å². The molecule has 0 aromatic carbocycles. The molecule has 3 saturated carbocycles. The third-order valence-electron chi connectivity index (χ3n) is 8.68. The zero-order valence-electron chi connectivity index (χ0n) is 20.0. The first kappa shape index (κ1) is 23.5. The molecule has 0 aliphatic heterocycles. The first-order valence-corrected chi connectivity index (χ1v) is 12.2. The van der Waals surface area contributed by atoms with E-state index >= 15 is 0 Å². The molecule has 2 nitrogen and oxygen atoms in total. The number of hydrogen-bond donors (Lipinski definition) is 2. The van der Waals surface area contributed by atoms with Crippen LogP contribution in [0.2, 0.25) is 0 Å². The van der Waals surface area contributed by atoms with Crippen LogP contribution in [0, 0.1) is 29.1 Å². The van der Waals surface area contributed by atoms with Crippen LogP contribution in [0.5, 0.6) is 0 Å². The van der Waals surface area contributed by atoms with Gasteiger partial charge < -0.3 is 10.2 Å². The van der Waals surface area contributed by atoms with Gasteiger partial charge >= 0.3 is 0 Å². The molecule has 3 rings (SSSR count). The van der Waals surface area contributed by atoms with Gasteiger partial charge in [-0.3, -0.25) is 0 Å². The second kappa shape index (κ2) is 9.17. The molecule has 2 N–H and O–H groups in total. The van der Waals surface area contributed by atoms with E-state index in [0.717, 1.165) is 19.3 Å². The van der Waals surface area contributed by atoms with Crippen molar-refractivity contribution in [2.24, 2.45) is 29.1 Å². The second-order valence-electron chi connectivity index (χ2n) is 11.2. The molecule has 0 unspecified atom stereocenters. The summed E-state index contributed by atoms with van der Waals surface area (Å²) >= 11 is 0. The summed E-state index contributed by atoms with van der Waals surface area (Å²) < 4.78 is 0. The summed E-state index contributed by atoms with van der Waals surface area (Å²) in [7, 11) is 0. The maximum atomic E-state index is 10.3. The SMILES string of the molecule is C=C1CC[C@H](O)C/C1=C\C=C1/CCC[C@]2(C)[C@@H]([C@H](C)/C=C/[C@H](C)C(C)(C)O)CC[C@@H]12. The monoisotopic (exact) mass is 412 g/mol. The number of aliphatic hydroxyl groups is 2. The molecule has 30 heavy (non-hydrogen) atoms. The minimum absolute atomic E-state index is 0.164. The van der Waals surface area contributed by atoms with E-state index in [9.17, 15) is 10.2 Å². The topological polar surface area (TPSA) is 40.5 Å². The van der Waals surface area contributed by atoms with Gasteiger partial charge in [-0.25, -0.2) is 0 Å². The van der Waals surface area contributed by atoms with Crippen molar-refractivity contribution in [3.05, 3.63) is 47.6 Å². The summed E-state index contributed by atoms with van der Waals surface area (Å²) in [5, 5.41) is 20.3. The lowest BCUT2D eigenvalue weighted by Gasteiger charge is -2.44. The summed E-state index contributed by atoms with van der Waals surface area (Å²) in [6, 6.07) is 0. The van der Waals surface area contributed by atoms with E-state index in [1.54, 1.807) is 5.57 Å². The van der Waals surface area contributed by atoms with Crippen molar-refractivity contribution in [1.29, 1.82) is 0 Å². The quantitative estimate of drug-likeness (QED) is 0.490. The van der Waals surface area contributed by atoms with Crippen LogP contribution >= 0.6 is 0 Å². The van der Waals surface area contributed by atoms with Gasteiger partial charge in [0.15, 0.2) is 0 Å². The maximum Gasteiger partial charge on any atom is 0.0651 e. The highest BCUT2D eigenvalue weighted by atomic mass is 16.3. The van der Waals surface area contributed by atoms with Gasteiger partial charge in [0.05, 0.1) is 11.7 Å². The second-order valence-corrected chi connectivity index (χ2v) is 11.2. The van der Waals surface area contributed by atoms with E-state index in [1.165, 1.54) is 43.3 Å². The van der Waals surface area contributed by atoms with Crippen molar-refractivity contribution in [2.75, 3.05) is 0 Å². The van der Waals surface area contributed by atoms with Crippen LogP contribution in [-0.2, 0) is 0 Å². The van der Waals surface area contributed by atoms with Crippen LogP contribution in [0.15, 0.2) is 47.6 Å². The van der Waals surface area contributed by atoms with Gasteiger partial charge in [-0.1, -0.05) is 62.8 Å². The van der Waals surface area contributed by atoms with Crippen LogP contribution in [0.25, 0.3) is 0 Å². The fourth-order valence-corrected chi connectivity index (χ4v) is 6.25. The summed E-state index contributed by atoms with van der Waals surface area (Å²) in [6.45, 7) is 15.0. The molecular weight excluding hydrogens is 368 g/mol. The van der Waals surface area contributed by atoms with E-state index in [1.807, 2.05) is 13.8 Å². The molecule has 2 heteroatoms. The normalized spacial score (nSPS) is 37.7. The highest BCUT2D eigenvalue weighted by Gasteiger charge is 2.50. The first-order valence-electron chi connectivity index (χ1n) is 12.2. The van der Waals surface area contributed by atoms with Crippen LogP contribution in [-0.4, -0.2) is 21.9 Å². The lowest BCUT2D eigenvalue weighted by Crippen LogP contribution is -2.35. The molecule has 3 aliphatic carbocycles. The Balaban J connectivity index is 1.75. The van der Waals surface area contributed by atoms with Crippen LogP contribution in [0.4, 0.5) is 0 Å². The molecule has 0 spiro atoms. The van der Waals surface area contributed by atoms with Crippen molar-refractivity contribution < 1.29 is 10.2 Å². The van der Waals surface area contributed by atoms with Crippen LogP contribution in [0.1, 0.15) is 86.0 Å². The van der Waals surface area contributed by atoms with Crippen LogP contribution < -0.4 is 0 Å². The molecule has 0 heterocycles. The fraction of sp³-hybridized carbons (Fsp3) is 0.714. The molecule has 0 bridgehead atoms. The minimum atomic E-state index is -0.663. The van der Waals surface area contributed by atoms with Crippen molar-refractivity contribution >= 4 is 0 Å². The van der Waals surface area contributed by atoms with E-state index in [0.29, 0.717) is 23.2 Å². The van der Waals surface area contributed by atoms with Crippen molar-refractivity contribution in [3.8, 4) is 0 Å². The van der Waals surface area contributed by atoms with Gasteiger partial charge in [0.2, 0.25) is 0 Å². The molecule has 0 saturated heterocycles. The number of hydrogen-bond acceptors (Lipinski definition) is 2. The van der Waals surface area contributed by atoms with Crippen molar-refractivity contribution in [1.82, 2.24) is 0 Å². The third kappa shape index (κ3) is 5.02. The molecule has 0 amide bonds. The Labute approximate surface area is 184 Å². The van der Waals surface area contributed by atoms with Crippen molar-refractivity contribution in [2.45, 2.75) is 97.7 Å². The molecule has 0 aromatic rings. The summed E-state index contributed by atoms with van der Waals surface area (Å²) in [6.07, 6.45) is 18.0. The summed E-state index contributed by atoms with van der Waals surface area (Å²) in [5.74, 6) is 2.08. The number of aliphatic hydroxyl groups excluding tert-OH is 1. The lowest BCUT2D eigenvalue weighted by atomic mass is 9.61. The van der Waals surface area contributed by atoms with Crippen LogP contribution in [0.3, 0.4) is 0 Å². The molecule has 0 aromatic heterocycles. The molecular formula is C28H44O2. The van der Waals surface area contributed by atoms with E-state index < -0.39 is 5.60 Å². The zero-order chi connectivity index (χ0) is 22.1. The zero-order valence-corrected chi connectivity index (χ0v) is 20.0. The first-order chi connectivity index (χ1) is 14.0. The molecule has 168 valence electrons. The predicted molar refractivity (Wildman–Crippen MR) is 127 cm³/mol. The Hall–Kier alpha value is -1.12. The minimum Gasteiger partial charge on any atom is -0.393 e. The molecule has 3 fully saturated rings. The highest BCUT2D eigenvalue weighted by molar-refractivity contribution is 5.36. The van der Waals surface area contributed by atoms with E-state index in [-0.39, 0.29) is 12.0 Å². The largest absolute Gasteiger partial charge is 0.393 e. The molecule has 0 radical (unpaired) electrons. The van der Waals surface area contributed by atoms with Gasteiger partial charge in [0.25, 0.3) is 0 Å². The average Bonchev–Trinajstić information content (AvgIpc) is 3.03. The molecule has 3 aliphatic rings. The Bertz CT molecular complexity index is 719. The Morgan fingerprint density at radius 2 is 1.83 bits per heavy atom. The number of fused-ring (bicyclic) bond motifs is 1. The summed E-state index contributed by atoms with van der Waals surface area (Å²) in [5.41, 5.74) is 3.78.